The summed E-state index contributed by atoms with van der Waals surface area (Å²) in [6, 6.07) is 82.0. The number of anilines is 4. The Bertz CT molecular complexity index is 7550. The topological polar surface area (TPSA) is 433 Å². The van der Waals surface area contributed by atoms with E-state index in [0.717, 1.165) is 79.7 Å². The summed E-state index contributed by atoms with van der Waals surface area (Å²) in [6.07, 6.45) is 0. The van der Waals surface area contributed by atoms with E-state index >= 15 is 0 Å². The fourth-order valence-corrected chi connectivity index (χ4v) is 21.6. The molecule has 0 aliphatic carbocycles. The number of sulfonamides is 4. The highest BCUT2D eigenvalue weighted by Crippen LogP contribution is 2.46. The standard InChI is InChI=1S/C26H25NO6S2.C24H21NO6S2.C24H19NO5S2.C22H17NO5S2/c1-26(2,3)33-18-10-8-17-13-19(11-9-16(17)12-18)35(31,32)27-22-14-23(34-15-24(28)29)25(30)21-7-5-4-6-20(21)22;1-2-31-16-10-11-17-15(12-16)6-5-9-22(17)33(29,30)25-20-13-21(32-14-23(26)27)24(28)19-8-4-3-7-18(19)20;26-23(27)15-31-22-14-21(19-8-4-5-9-20(19)24(22)28)25-32(29,30)18-12-10-17(11-13-18)16-6-2-1-3-7-16;24-21(25)13-29-19-12-18(16-9-3-4-10-17(16)22(19)26)23-30(27,28)20-11-5-7-14-6-1-2-8-15(14)20/h4-14,27,30H,15H2,1-3H3,(H,28,29);3-13,25,28H,2,14H2,1H3,(H,26,27);1-14,25,28H,15H2,(H,26,27);1-12,23,26H,13H2,(H,24,25). The first-order chi connectivity index (χ1) is 61.9. The average Bonchev–Trinajstić information content (AvgIpc) is 0.788. The summed E-state index contributed by atoms with van der Waals surface area (Å²) in [7, 11) is -15.9. The van der Waals surface area contributed by atoms with Gasteiger partial charge in [-0.3, -0.25) is 38.1 Å². The SMILES string of the molecule is CC(C)(C)Oc1ccc2cc(S(=O)(=O)Nc3cc(SCC(=O)O)c(O)c4ccccc34)ccc2c1.CCOc1ccc2c(S(=O)(=O)Nc3cc(SCC(=O)O)c(O)c4ccccc34)cccc2c1.O=C(O)CSc1cc(NS(=O)(=O)c2ccc(-c3ccccc3)cc2)c2ccccc2c1O.O=C(O)CSc1cc(NS(=O)(=O)c2cccc3ccccc23)c2ccccc2c1O. The third-order valence-corrected chi connectivity index (χ3v) is 29.2. The van der Waals surface area contributed by atoms with Crippen molar-refractivity contribution >= 4 is 209 Å². The Morgan fingerprint density at radius 3 is 1.01 bits per heavy atom. The Kier molecular flexibility index (Phi) is 29.2. The molecule has 16 aromatic carbocycles. The Labute approximate surface area is 764 Å². The van der Waals surface area contributed by atoms with Crippen LogP contribution in [0.1, 0.15) is 27.7 Å². The lowest BCUT2D eigenvalue weighted by atomic mass is 10.1. The number of phenolic OH excluding ortho intramolecular Hbond substituents is 4. The fraction of sp³-hybridized carbons (Fsp3) is 0.104. The normalized spacial score (nSPS) is 11.7. The van der Waals surface area contributed by atoms with Gasteiger partial charge in [-0.1, -0.05) is 200 Å². The number of carbonyl (C=O) groups is 4. The van der Waals surface area contributed by atoms with E-state index in [4.69, 9.17) is 29.9 Å². The second-order valence-corrected chi connectivity index (χ2v) is 40.5. The van der Waals surface area contributed by atoms with Crippen molar-refractivity contribution in [2.75, 3.05) is 48.5 Å². The molecule has 16 rings (SSSR count). The summed E-state index contributed by atoms with van der Waals surface area (Å²) < 4.78 is 128. The zero-order valence-electron chi connectivity index (χ0n) is 69.3. The summed E-state index contributed by atoms with van der Waals surface area (Å²) in [5, 5.41) is 86.3. The van der Waals surface area contributed by atoms with Crippen LogP contribution in [0.15, 0.2) is 330 Å². The van der Waals surface area contributed by atoms with Crippen LogP contribution < -0.4 is 28.4 Å². The molecule has 0 aliphatic heterocycles. The van der Waals surface area contributed by atoms with Gasteiger partial charge in [0.1, 0.15) is 40.1 Å². The molecule has 12 N–H and O–H groups in total. The van der Waals surface area contributed by atoms with E-state index in [-0.39, 0.29) is 114 Å². The Balaban J connectivity index is 0.000000148. The van der Waals surface area contributed by atoms with Crippen LogP contribution in [0.2, 0.25) is 0 Å². The molecule has 0 unspecified atom stereocenters. The maximum absolute atomic E-state index is 13.4. The smallest absolute Gasteiger partial charge is 0.313 e. The average molecular weight is 1900 g/mol. The largest absolute Gasteiger partial charge is 0.506 e. The van der Waals surface area contributed by atoms with E-state index in [1.54, 1.807) is 170 Å². The molecule has 26 nitrogen and oxygen atoms in total. The highest BCUT2D eigenvalue weighted by molar-refractivity contribution is 8.01. The number of thioether (sulfide) groups is 4. The van der Waals surface area contributed by atoms with Gasteiger partial charge in [0.25, 0.3) is 40.1 Å². The molecular weight excluding hydrogens is 1820 g/mol. The minimum Gasteiger partial charge on any atom is -0.506 e. The summed E-state index contributed by atoms with van der Waals surface area (Å²) in [5.41, 5.74) is 2.55. The summed E-state index contributed by atoms with van der Waals surface area (Å²) in [4.78, 5) is 45.5. The molecule has 130 heavy (non-hydrogen) atoms. The Morgan fingerprint density at radius 2 is 0.608 bits per heavy atom. The second kappa shape index (κ2) is 40.4. The molecule has 666 valence electrons. The maximum atomic E-state index is 13.4. The first kappa shape index (κ1) is 94.0. The number of fused-ring (bicyclic) bond motifs is 7. The van der Waals surface area contributed by atoms with Crippen LogP contribution in [0.25, 0.3) is 86.5 Å². The number of benzene rings is 16. The molecule has 0 fully saturated rings. The monoisotopic (exact) mass is 1900 g/mol. The van der Waals surface area contributed by atoms with Crippen molar-refractivity contribution in [1.29, 1.82) is 0 Å². The number of phenols is 4. The molecule has 0 saturated heterocycles. The van der Waals surface area contributed by atoms with Crippen LogP contribution in [-0.2, 0) is 59.3 Å². The van der Waals surface area contributed by atoms with Gasteiger partial charge < -0.3 is 50.3 Å². The van der Waals surface area contributed by atoms with Gasteiger partial charge in [0, 0.05) is 53.9 Å². The number of aromatic hydroxyl groups is 4. The summed E-state index contributed by atoms with van der Waals surface area (Å²) >= 11 is 3.68. The second-order valence-electron chi connectivity index (χ2n) is 29.7. The van der Waals surface area contributed by atoms with Crippen molar-refractivity contribution in [3.05, 3.63) is 291 Å². The number of rotatable bonds is 28. The summed E-state index contributed by atoms with van der Waals surface area (Å²) in [5.74, 6) is -4.23. The van der Waals surface area contributed by atoms with Gasteiger partial charge >= 0.3 is 23.9 Å². The highest BCUT2D eigenvalue weighted by Gasteiger charge is 2.27. The number of nitrogens with one attached hydrogen (secondary N) is 4. The predicted molar refractivity (Wildman–Crippen MR) is 514 cm³/mol. The van der Waals surface area contributed by atoms with Crippen LogP contribution in [0.5, 0.6) is 34.5 Å². The third-order valence-electron chi connectivity index (χ3n) is 19.5. The number of hydrogen-bond donors (Lipinski definition) is 12. The van der Waals surface area contributed by atoms with Crippen LogP contribution in [0, 0.1) is 0 Å². The van der Waals surface area contributed by atoms with Crippen LogP contribution >= 0.6 is 47.0 Å². The van der Waals surface area contributed by atoms with Crippen molar-refractivity contribution in [3.8, 4) is 45.6 Å². The molecule has 0 atom stereocenters. The van der Waals surface area contributed by atoms with E-state index in [1.807, 2.05) is 94.4 Å². The molecule has 34 heteroatoms. The number of ether oxygens (including phenoxy) is 2. The molecule has 16 aromatic rings. The molecule has 0 amide bonds. The molecule has 0 bridgehead atoms. The molecule has 0 heterocycles. The van der Waals surface area contributed by atoms with Gasteiger partial charge in [0.15, 0.2) is 0 Å². The van der Waals surface area contributed by atoms with E-state index in [0.29, 0.717) is 72.0 Å². The number of carboxylic acid groups (broad SMARTS) is 4. The Hall–Kier alpha value is -13.6. The lowest BCUT2D eigenvalue weighted by molar-refractivity contribution is -0.134. The molecule has 0 aliphatic rings. The van der Waals surface area contributed by atoms with Crippen LogP contribution in [-0.4, -0.2) is 134 Å². The van der Waals surface area contributed by atoms with Crippen molar-refractivity contribution in [2.24, 2.45) is 0 Å². The van der Waals surface area contributed by atoms with Gasteiger partial charge in [-0.05, 0) is 151 Å². The van der Waals surface area contributed by atoms with Gasteiger partial charge in [0.05, 0.1) is 91.5 Å². The number of carboxylic acids is 4. The minimum absolute atomic E-state index is 0.0754. The van der Waals surface area contributed by atoms with Gasteiger partial charge in [-0.15, -0.1) is 47.0 Å². The van der Waals surface area contributed by atoms with Crippen molar-refractivity contribution in [1.82, 2.24) is 0 Å². The zero-order valence-corrected chi connectivity index (χ0v) is 75.8. The zero-order chi connectivity index (χ0) is 93.0. The fourth-order valence-electron chi connectivity index (χ4n) is 13.9. The lowest BCUT2D eigenvalue weighted by Crippen LogP contribution is -2.22. The van der Waals surface area contributed by atoms with Crippen molar-refractivity contribution in [2.45, 2.75) is 72.5 Å². The van der Waals surface area contributed by atoms with Gasteiger partial charge in [0.2, 0.25) is 0 Å². The molecule has 0 spiro atoms. The molecule has 0 saturated carbocycles. The highest BCUT2D eigenvalue weighted by atomic mass is 32.2. The van der Waals surface area contributed by atoms with Crippen LogP contribution in [0.4, 0.5) is 22.7 Å². The van der Waals surface area contributed by atoms with E-state index in [9.17, 15) is 73.3 Å². The maximum Gasteiger partial charge on any atom is 0.313 e. The van der Waals surface area contributed by atoms with Crippen molar-refractivity contribution < 1.29 is 103 Å². The quantitative estimate of drug-likeness (QED) is 0.0160. The molecule has 0 radical (unpaired) electrons. The number of aliphatic carboxylic acids is 4. The van der Waals surface area contributed by atoms with Gasteiger partial charge in [-0.2, -0.15) is 0 Å². The minimum atomic E-state index is -4.02. The first-order valence-electron chi connectivity index (χ1n) is 39.4. The molecule has 0 aromatic heterocycles. The number of hydrogen-bond acceptors (Lipinski definition) is 22. The van der Waals surface area contributed by atoms with E-state index in [2.05, 4.69) is 18.9 Å². The van der Waals surface area contributed by atoms with Crippen molar-refractivity contribution in [3.63, 3.8) is 0 Å². The first-order valence-corrected chi connectivity index (χ1v) is 49.3. The van der Waals surface area contributed by atoms with Crippen LogP contribution in [0.3, 0.4) is 0 Å². The third kappa shape index (κ3) is 22.7. The van der Waals surface area contributed by atoms with Gasteiger partial charge in [-0.25, -0.2) is 33.7 Å². The lowest BCUT2D eigenvalue weighted by Gasteiger charge is -2.21. The van der Waals surface area contributed by atoms with E-state index in [1.165, 1.54) is 54.6 Å². The summed E-state index contributed by atoms with van der Waals surface area (Å²) in [6.45, 7) is 8.24. The van der Waals surface area contributed by atoms with E-state index < -0.39 is 64.0 Å². The predicted octanol–water partition coefficient (Wildman–Crippen LogP) is 20.8. The molecular formula is C96H82N4O22S8. The Morgan fingerprint density at radius 1 is 0.300 bits per heavy atom.